The minimum absolute atomic E-state index is 0.156. The van der Waals surface area contributed by atoms with E-state index in [4.69, 9.17) is 0 Å². The van der Waals surface area contributed by atoms with Gasteiger partial charge in [-0.05, 0) is 49.4 Å². The summed E-state index contributed by atoms with van der Waals surface area (Å²) in [6.07, 6.45) is 6.07. The van der Waals surface area contributed by atoms with Gasteiger partial charge in [-0.15, -0.1) is 0 Å². The van der Waals surface area contributed by atoms with Crippen LogP contribution in [0.3, 0.4) is 0 Å². The molecule has 2 N–H and O–H groups in total. The summed E-state index contributed by atoms with van der Waals surface area (Å²) in [5.74, 6) is 2.14. The van der Waals surface area contributed by atoms with Crippen LogP contribution in [0.25, 0.3) is 0 Å². The van der Waals surface area contributed by atoms with Crippen molar-refractivity contribution in [2.45, 2.75) is 64.6 Å². The van der Waals surface area contributed by atoms with Gasteiger partial charge in [0, 0.05) is 0 Å². The van der Waals surface area contributed by atoms with E-state index in [0.29, 0.717) is 17.8 Å². The summed E-state index contributed by atoms with van der Waals surface area (Å²) >= 11 is 0. The number of hydrogen-bond acceptors (Lipinski definition) is 2. The van der Waals surface area contributed by atoms with Gasteiger partial charge < -0.3 is 10.2 Å². The Morgan fingerprint density at radius 3 is 2.25 bits per heavy atom. The lowest BCUT2D eigenvalue weighted by molar-refractivity contribution is -0.0978. The van der Waals surface area contributed by atoms with Gasteiger partial charge in [0.2, 0.25) is 0 Å². The van der Waals surface area contributed by atoms with E-state index in [0.717, 1.165) is 31.6 Å². The normalized spacial score (nSPS) is 48.8. The zero-order valence-electron chi connectivity index (χ0n) is 10.6. The van der Waals surface area contributed by atoms with Crippen LogP contribution in [0, 0.1) is 23.7 Å². The van der Waals surface area contributed by atoms with Crippen molar-refractivity contribution < 1.29 is 10.2 Å². The highest BCUT2D eigenvalue weighted by atomic mass is 16.3. The first-order valence-corrected chi connectivity index (χ1v) is 7.03. The molecule has 2 aliphatic rings. The number of hydrogen-bond donors (Lipinski definition) is 2. The molecule has 2 saturated carbocycles. The van der Waals surface area contributed by atoms with Crippen molar-refractivity contribution in [3.8, 4) is 0 Å². The Balaban J connectivity index is 2.15. The third-order valence-electron chi connectivity index (χ3n) is 5.08. The van der Waals surface area contributed by atoms with Crippen LogP contribution in [0.5, 0.6) is 0 Å². The minimum Gasteiger partial charge on any atom is -0.393 e. The van der Waals surface area contributed by atoms with Gasteiger partial charge in [-0.3, -0.25) is 0 Å². The molecule has 1 unspecified atom stereocenters. The average molecular weight is 226 g/mol. The van der Waals surface area contributed by atoms with Gasteiger partial charge >= 0.3 is 0 Å². The van der Waals surface area contributed by atoms with E-state index in [1.807, 2.05) is 0 Å². The maximum absolute atomic E-state index is 10.2. The van der Waals surface area contributed by atoms with Crippen molar-refractivity contribution in [3.05, 3.63) is 0 Å². The van der Waals surface area contributed by atoms with Gasteiger partial charge in [-0.25, -0.2) is 0 Å². The number of rotatable bonds is 2. The van der Waals surface area contributed by atoms with Gasteiger partial charge in [0.1, 0.15) is 0 Å². The summed E-state index contributed by atoms with van der Waals surface area (Å²) in [5.41, 5.74) is 0. The summed E-state index contributed by atoms with van der Waals surface area (Å²) in [5, 5.41) is 20.3. The molecule has 0 radical (unpaired) electrons. The van der Waals surface area contributed by atoms with Gasteiger partial charge in [0.15, 0.2) is 0 Å². The monoisotopic (exact) mass is 226 g/mol. The lowest BCUT2D eigenvalue weighted by Crippen LogP contribution is -2.48. The van der Waals surface area contributed by atoms with Crippen LogP contribution in [0.4, 0.5) is 0 Å². The largest absolute Gasteiger partial charge is 0.393 e. The van der Waals surface area contributed by atoms with Crippen LogP contribution >= 0.6 is 0 Å². The molecule has 0 aromatic heterocycles. The molecule has 2 aliphatic carbocycles. The fraction of sp³-hybridized carbons (Fsp3) is 1.00. The van der Waals surface area contributed by atoms with E-state index in [9.17, 15) is 10.2 Å². The molecule has 0 heterocycles. The lowest BCUT2D eigenvalue weighted by atomic mass is 9.59. The molecule has 0 aliphatic heterocycles. The fourth-order valence-electron chi connectivity index (χ4n) is 4.11. The zero-order valence-corrected chi connectivity index (χ0v) is 10.6. The Bertz CT molecular complexity index is 229. The minimum atomic E-state index is -0.156. The maximum Gasteiger partial charge on any atom is 0.0575 e. The fourth-order valence-corrected chi connectivity index (χ4v) is 4.11. The maximum atomic E-state index is 10.2. The van der Waals surface area contributed by atoms with Crippen molar-refractivity contribution in [1.29, 1.82) is 0 Å². The highest BCUT2D eigenvalue weighted by Crippen LogP contribution is 2.47. The van der Waals surface area contributed by atoms with Gasteiger partial charge in [-0.2, -0.15) is 0 Å². The summed E-state index contributed by atoms with van der Waals surface area (Å²) in [7, 11) is 0. The van der Waals surface area contributed by atoms with Crippen LogP contribution in [-0.2, 0) is 0 Å². The second-order valence-corrected chi connectivity index (χ2v) is 5.87. The van der Waals surface area contributed by atoms with E-state index in [1.165, 1.54) is 12.8 Å². The molecule has 0 amide bonds. The quantitative estimate of drug-likeness (QED) is 0.760. The molecule has 0 spiro atoms. The Morgan fingerprint density at radius 2 is 1.62 bits per heavy atom. The van der Waals surface area contributed by atoms with Crippen LogP contribution in [0.1, 0.15) is 52.4 Å². The molecule has 2 fully saturated rings. The third-order valence-corrected chi connectivity index (χ3v) is 5.08. The first kappa shape index (κ1) is 12.4. The molecule has 2 heteroatoms. The van der Waals surface area contributed by atoms with Crippen LogP contribution in [0.15, 0.2) is 0 Å². The first-order valence-electron chi connectivity index (χ1n) is 7.03. The van der Waals surface area contributed by atoms with E-state index in [2.05, 4.69) is 13.8 Å². The Hall–Kier alpha value is -0.0800. The van der Waals surface area contributed by atoms with E-state index < -0.39 is 0 Å². The molecule has 0 aromatic carbocycles. The Morgan fingerprint density at radius 1 is 0.938 bits per heavy atom. The van der Waals surface area contributed by atoms with Gasteiger partial charge in [0.25, 0.3) is 0 Å². The van der Waals surface area contributed by atoms with Crippen molar-refractivity contribution in [2.75, 3.05) is 0 Å². The van der Waals surface area contributed by atoms with Crippen molar-refractivity contribution in [1.82, 2.24) is 0 Å². The highest BCUT2D eigenvalue weighted by molar-refractivity contribution is 4.95. The smallest absolute Gasteiger partial charge is 0.0575 e. The molecule has 0 saturated heterocycles. The molecular weight excluding hydrogens is 200 g/mol. The van der Waals surface area contributed by atoms with E-state index in [1.54, 1.807) is 0 Å². The van der Waals surface area contributed by atoms with Gasteiger partial charge in [0.05, 0.1) is 12.2 Å². The molecule has 0 aromatic rings. The van der Waals surface area contributed by atoms with Crippen molar-refractivity contribution in [3.63, 3.8) is 0 Å². The Kier molecular flexibility index (Phi) is 3.91. The van der Waals surface area contributed by atoms with Crippen LogP contribution in [0.2, 0.25) is 0 Å². The molecule has 0 bridgehead atoms. The lowest BCUT2D eigenvalue weighted by Gasteiger charge is -2.48. The van der Waals surface area contributed by atoms with E-state index >= 15 is 0 Å². The average Bonchev–Trinajstić information content (AvgIpc) is 2.32. The molecular formula is C14H26O2. The van der Waals surface area contributed by atoms with Gasteiger partial charge in [-0.1, -0.05) is 26.7 Å². The predicted octanol–water partition coefficient (Wildman–Crippen LogP) is 2.58. The summed E-state index contributed by atoms with van der Waals surface area (Å²) < 4.78 is 0. The zero-order chi connectivity index (χ0) is 11.7. The molecule has 94 valence electrons. The number of fused-ring (bicyclic) bond motifs is 1. The topological polar surface area (TPSA) is 40.5 Å². The number of aliphatic hydroxyl groups excluding tert-OH is 2. The van der Waals surface area contributed by atoms with Crippen LogP contribution < -0.4 is 0 Å². The summed E-state index contributed by atoms with van der Waals surface area (Å²) in [6, 6.07) is 0. The molecule has 6 atom stereocenters. The number of aliphatic hydroxyl groups is 2. The molecule has 16 heavy (non-hydrogen) atoms. The standard InChI is InChI=1S/C14H26O2/c1-3-9-7-10(4-2)14-11(8-9)12(15)5-6-13(14)16/h9-16H,3-8H2,1-2H3/t9?,10-,11-,12-,13+,14-/m0/s1. The second-order valence-electron chi connectivity index (χ2n) is 5.87. The van der Waals surface area contributed by atoms with Crippen molar-refractivity contribution >= 4 is 0 Å². The molecule has 2 nitrogen and oxygen atoms in total. The highest BCUT2D eigenvalue weighted by Gasteiger charge is 2.45. The molecule has 2 rings (SSSR count). The van der Waals surface area contributed by atoms with E-state index in [-0.39, 0.29) is 12.2 Å². The first-order chi connectivity index (χ1) is 7.67. The van der Waals surface area contributed by atoms with Crippen LogP contribution in [-0.4, -0.2) is 22.4 Å². The summed E-state index contributed by atoms with van der Waals surface area (Å²) in [4.78, 5) is 0. The predicted molar refractivity (Wildman–Crippen MR) is 65.0 cm³/mol. The SMILES string of the molecule is CCC1C[C@H](CC)[C@H]2[C@@H](C1)[C@@H](O)CC[C@H]2O. The van der Waals surface area contributed by atoms with Crippen molar-refractivity contribution in [2.24, 2.45) is 23.7 Å². The summed E-state index contributed by atoms with van der Waals surface area (Å²) in [6.45, 7) is 4.48. The second kappa shape index (κ2) is 5.05. The third kappa shape index (κ3) is 2.14. The Labute approximate surface area is 99.1 Å².